The number of carbonyl (C=O) groups is 1. The van der Waals surface area contributed by atoms with Crippen LogP contribution in [0, 0.1) is 11.3 Å². The van der Waals surface area contributed by atoms with Gasteiger partial charge >= 0.3 is 0 Å². The van der Waals surface area contributed by atoms with E-state index in [4.69, 9.17) is 10.9 Å². The second-order valence-electron chi connectivity index (χ2n) is 4.40. The van der Waals surface area contributed by atoms with E-state index in [1.165, 1.54) is 0 Å². The molecule has 0 spiro atoms. The molecule has 0 aromatic carbocycles. The lowest BCUT2D eigenvalue weighted by atomic mass is 9.91. The number of hydrogen-bond donors (Lipinski definition) is 3. The number of carbonyl (C=O) groups excluding carboxylic acids is 1. The van der Waals surface area contributed by atoms with Gasteiger partial charge in [0.25, 0.3) is 0 Å². The fourth-order valence-electron chi connectivity index (χ4n) is 1.11. The van der Waals surface area contributed by atoms with Gasteiger partial charge in [0.2, 0.25) is 5.91 Å². The van der Waals surface area contributed by atoms with Crippen LogP contribution in [0.5, 0.6) is 0 Å². The number of amidine groups is 1. The lowest BCUT2D eigenvalue weighted by Gasteiger charge is -2.21. The number of nitrogens with two attached hydrogens (primary N) is 1. The number of rotatable bonds is 3. The summed E-state index contributed by atoms with van der Waals surface area (Å²) in [5.41, 5.74) is 4.47. The normalized spacial score (nSPS) is 27.2. The lowest BCUT2D eigenvalue weighted by molar-refractivity contribution is -0.126. The molecule has 1 aliphatic carbocycles. The predicted molar refractivity (Wildman–Crippen MR) is 52.9 cm³/mol. The predicted octanol–water partition coefficient (Wildman–Crippen LogP) is 0.284. The second-order valence-corrected chi connectivity index (χ2v) is 4.40. The Labute approximate surface area is 83.3 Å². The minimum absolute atomic E-state index is 0.0664. The molecule has 0 heterocycles. The summed E-state index contributed by atoms with van der Waals surface area (Å²) in [6.45, 7) is 5.33. The van der Waals surface area contributed by atoms with Crippen LogP contribution in [0.15, 0.2) is 5.16 Å². The van der Waals surface area contributed by atoms with Gasteiger partial charge in [-0.25, -0.2) is 0 Å². The molecule has 1 fully saturated rings. The van der Waals surface area contributed by atoms with E-state index in [-0.39, 0.29) is 17.8 Å². The Morgan fingerprint density at radius 3 is 2.50 bits per heavy atom. The summed E-state index contributed by atoms with van der Waals surface area (Å²) in [5.74, 6) is 0.285. The highest BCUT2D eigenvalue weighted by Crippen LogP contribution is 2.30. The summed E-state index contributed by atoms with van der Waals surface area (Å²) in [6, 6.07) is 0.258. The molecule has 0 bridgehead atoms. The molecule has 80 valence electrons. The summed E-state index contributed by atoms with van der Waals surface area (Å²) < 4.78 is 0. The number of nitrogens with one attached hydrogen (secondary N) is 1. The van der Waals surface area contributed by atoms with Crippen molar-refractivity contribution in [3.8, 4) is 0 Å². The summed E-state index contributed by atoms with van der Waals surface area (Å²) in [7, 11) is 0. The lowest BCUT2D eigenvalue weighted by Crippen LogP contribution is -2.46. The van der Waals surface area contributed by atoms with Crippen LogP contribution in [0.3, 0.4) is 0 Å². The molecular formula is C9H17N3O2. The zero-order valence-corrected chi connectivity index (χ0v) is 8.74. The van der Waals surface area contributed by atoms with Crippen molar-refractivity contribution in [3.63, 3.8) is 0 Å². The third kappa shape index (κ3) is 1.97. The zero-order chi connectivity index (χ0) is 10.9. The van der Waals surface area contributed by atoms with Crippen molar-refractivity contribution in [3.05, 3.63) is 0 Å². The summed E-state index contributed by atoms with van der Waals surface area (Å²) >= 11 is 0. The van der Waals surface area contributed by atoms with Crippen LogP contribution in [-0.2, 0) is 4.79 Å². The summed E-state index contributed by atoms with van der Waals surface area (Å²) in [6.07, 6.45) is 1.01. The monoisotopic (exact) mass is 199 g/mol. The first-order valence-electron chi connectivity index (χ1n) is 4.68. The van der Waals surface area contributed by atoms with Crippen molar-refractivity contribution >= 4 is 11.7 Å². The van der Waals surface area contributed by atoms with Crippen molar-refractivity contribution in [2.45, 2.75) is 33.2 Å². The van der Waals surface area contributed by atoms with Crippen molar-refractivity contribution in [2.75, 3.05) is 0 Å². The zero-order valence-electron chi connectivity index (χ0n) is 8.74. The van der Waals surface area contributed by atoms with Gasteiger partial charge in [-0.3, -0.25) is 4.79 Å². The van der Waals surface area contributed by atoms with Gasteiger partial charge in [-0.15, -0.1) is 0 Å². The van der Waals surface area contributed by atoms with E-state index in [9.17, 15) is 4.79 Å². The van der Waals surface area contributed by atoms with Gasteiger partial charge in [-0.2, -0.15) is 0 Å². The first kappa shape index (κ1) is 10.8. The van der Waals surface area contributed by atoms with Crippen molar-refractivity contribution < 1.29 is 10.0 Å². The van der Waals surface area contributed by atoms with Crippen molar-refractivity contribution in [1.82, 2.24) is 5.32 Å². The highest BCUT2D eigenvalue weighted by molar-refractivity contribution is 6.06. The van der Waals surface area contributed by atoms with Crippen LogP contribution in [-0.4, -0.2) is 23.0 Å². The summed E-state index contributed by atoms with van der Waals surface area (Å²) in [4.78, 5) is 11.7. The standard InChI is InChI=1S/C9H17N3O2/c1-5-4-6(5)11-8(13)9(2,3)7(10)12-14/h5-6,14H,4H2,1-3H3,(H2,10,12)(H,11,13). The Bertz CT molecular complexity index is 273. The number of oxime groups is 1. The SMILES string of the molecule is CC1CC1NC(=O)C(C)(C)/C(N)=N/O. The Balaban J connectivity index is 2.58. The number of nitrogens with zero attached hydrogens (tertiary/aromatic N) is 1. The molecule has 2 unspecified atom stereocenters. The van der Waals surface area contributed by atoms with Gasteiger partial charge in [-0.05, 0) is 26.2 Å². The van der Waals surface area contributed by atoms with Gasteiger partial charge in [0.05, 0.1) is 0 Å². The van der Waals surface area contributed by atoms with Crippen LogP contribution < -0.4 is 11.1 Å². The first-order chi connectivity index (χ1) is 6.39. The molecule has 5 heteroatoms. The minimum atomic E-state index is -0.947. The molecule has 5 nitrogen and oxygen atoms in total. The van der Waals surface area contributed by atoms with E-state index < -0.39 is 5.41 Å². The van der Waals surface area contributed by atoms with E-state index >= 15 is 0 Å². The molecule has 14 heavy (non-hydrogen) atoms. The van der Waals surface area contributed by atoms with E-state index in [0.717, 1.165) is 6.42 Å². The molecule has 0 aromatic rings. The molecule has 0 radical (unpaired) electrons. The molecule has 1 amide bonds. The highest BCUT2D eigenvalue weighted by Gasteiger charge is 2.39. The number of hydrogen-bond acceptors (Lipinski definition) is 3. The van der Waals surface area contributed by atoms with E-state index in [2.05, 4.69) is 17.4 Å². The van der Waals surface area contributed by atoms with Gasteiger partial charge in [0.15, 0.2) is 5.84 Å². The van der Waals surface area contributed by atoms with Crippen LogP contribution in [0.4, 0.5) is 0 Å². The first-order valence-corrected chi connectivity index (χ1v) is 4.68. The topological polar surface area (TPSA) is 87.7 Å². The molecule has 2 atom stereocenters. The van der Waals surface area contributed by atoms with Crippen LogP contribution in [0.25, 0.3) is 0 Å². The average molecular weight is 199 g/mol. The maximum absolute atomic E-state index is 11.7. The van der Waals surface area contributed by atoms with Crippen LogP contribution in [0.2, 0.25) is 0 Å². The number of amides is 1. The fraction of sp³-hybridized carbons (Fsp3) is 0.778. The van der Waals surface area contributed by atoms with Gasteiger partial charge in [0.1, 0.15) is 5.41 Å². The molecular weight excluding hydrogens is 182 g/mol. The smallest absolute Gasteiger partial charge is 0.233 e. The third-order valence-corrected chi connectivity index (χ3v) is 2.74. The van der Waals surface area contributed by atoms with Crippen LogP contribution >= 0.6 is 0 Å². The van der Waals surface area contributed by atoms with Crippen molar-refractivity contribution in [1.29, 1.82) is 0 Å². The second kappa shape index (κ2) is 3.48. The molecule has 0 aliphatic heterocycles. The van der Waals surface area contributed by atoms with E-state index in [1.807, 2.05) is 0 Å². The Hall–Kier alpha value is -1.26. The van der Waals surface area contributed by atoms with E-state index in [0.29, 0.717) is 5.92 Å². The third-order valence-electron chi connectivity index (χ3n) is 2.74. The summed E-state index contributed by atoms with van der Waals surface area (Å²) in [5, 5.41) is 14.2. The van der Waals surface area contributed by atoms with Crippen LogP contribution in [0.1, 0.15) is 27.2 Å². The van der Waals surface area contributed by atoms with E-state index in [1.54, 1.807) is 13.8 Å². The molecule has 0 aromatic heterocycles. The fourth-order valence-corrected chi connectivity index (χ4v) is 1.11. The van der Waals surface area contributed by atoms with Gasteiger partial charge in [-0.1, -0.05) is 12.1 Å². The van der Waals surface area contributed by atoms with Gasteiger partial charge in [0, 0.05) is 6.04 Å². The average Bonchev–Trinajstić information content (AvgIpc) is 2.80. The van der Waals surface area contributed by atoms with Gasteiger partial charge < -0.3 is 16.3 Å². The quantitative estimate of drug-likeness (QED) is 0.264. The molecule has 1 aliphatic rings. The molecule has 1 rings (SSSR count). The maximum atomic E-state index is 11.7. The maximum Gasteiger partial charge on any atom is 0.233 e. The molecule has 1 saturated carbocycles. The Morgan fingerprint density at radius 2 is 2.14 bits per heavy atom. The molecule has 0 saturated heterocycles. The highest BCUT2D eigenvalue weighted by atomic mass is 16.4. The minimum Gasteiger partial charge on any atom is -0.409 e. The van der Waals surface area contributed by atoms with Crippen molar-refractivity contribution in [2.24, 2.45) is 22.2 Å². The molecule has 4 N–H and O–H groups in total. The Kier molecular flexibility index (Phi) is 2.69. The largest absolute Gasteiger partial charge is 0.409 e. The Morgan fingerprint density at radius 1 is 1.64 bits per heavy atom.